The number of benzene rings is 1. The average molecular weight is 246 g/mol. The van der Waals surface area contributed by atoms with Gasteiger partial charge < -0.3 is 9.84 Å². The maximum absolute atomic E-state index is 11.0. The maximum atomic E-state index is 11.0. The van der Waals surface area contributed by atoms with Gasteiger partial charge in [-0.2, -0.15) is 0 Å². The molecule has 5 nitrogen and oxygen atoms in total. The molecule has 2 aromatic rings. The molecular weight excluding hydrogens is 232 g/mol. The minimum absolute atomic E-state index is 0.303. The van der Waals surface area contributed by atoms with Gasteiger partial charge in [-0.3, -0.25) is 4.79 Å². The molecule has 1 unspecified atom stereocenters. The molecule has 5 heteroatoms. The predicted molar refractivity (Wildman–Crippen MR) is 66.9 cm³/mol. The number of carboxylic acids is 1. The monoisotopic (exact) mass is 246 g/mol. The molecule has 0 spiro atoms. The molecule has 94 valence electrons. The van der Waals surface area contributed by atoms with Crippen molar-refractivity contribution in [3.8, 4) is 5.75 Å². The van der Waals surface area contributed by atoms with Crippen LogP contribution in [0, 0.1) is 6.92 Å². The highest BCUT2D eigenvalue weighted by atomic mass is 16.5. The minimum atomic E-state index is -0.941. The van der Waals surface area contributed by atoms with Gasteiger partial charge in [-0.25, -0.2) is 9.97 Å². The zero-order valence-electron chi connectivity index (χ0n) is 10.5. The number of hydrogen-bond acceptors (Lipinski definition) is 4. The molecule has 1 aromatic carbocycles. The third kappa shape index (κ3) is 1.99. The second kappa shape index (κ2) is 4.60. The first-order chi connectivity index (χ1) is 8.54. The molecule has 0 aliphatic heterocycles. The molecule has 0 aliphatic rings. The Balaban J connectivity index is 2.70. The number of aromatic nitrogens is 2. The Morgan fingerprint density at radius 1 is 1.39 bits per heavy atom. The highest BCUT2D eigenvalue weighted by molar-refractivity contribution is 5.87. The first kappa shape index (κ1) is 12.3. The zero-order chi connectivity index (χ0) is 13.3. The highest BCUT2D eigenvalue weighted by Crippen LogP contribution is 2.26. The van der Waals surface area contributed by atoms with Gasteiger partial charge in [0.2, 0.25) is 0 Å². The molecule has 1 heterocycles. The van der Waals surface area contributed by atoms with Gasteiger partial charge in [-0.05, 0) is 19.9 Å². The van der Waals surface area contributed by atoms with Crippen molar-refractivity contribution in [2.75, 3.05) is 7.11 Å². The molecule has 0 aliphatic carbocycles. The first-order valence-corrected chi connectivity index (χ1v) is 5.58. The van der Waals surface area contributed by atoms with E-state index in [0.29, 0.717) is 17.1 Å². The maximum Gasteiger partial charge on any atom is 0.313 e. The Labute approximate surface area is 104 Å². The molecule has 0 fully saturated rings. The standard InChI is InChI=1S/C13H14N2O3/c1-7(13(16)17)12-14-8(2)9-5-4-6-10(18-3)11(9)15-12/h4-7H,1-3H3,(H,16,17). The van der Waals surface area contributed by atoms with Crippen molar-refractivity contribution in [2.45, 2.75) is 19.8 Å². The van der Waals surface area contributed by atoms with Crippen molar-refractivity contribution in [1.82, 2.24) is 9.97 Å². The fourth-order valence-electron chi connectivity index (χ4n) is 1.77. The van der Waals surface area contributed by atoms with E-state index in [1.165, 1.54) is 0 Å². The van der Waals surface area contributed by atoms with Gasteiger partial charge in [0.15, 0.2) is 0 Å². The van der Waals surface area contributed by atoms with E-state index in [-0.39, 0.29) is 0 Å². The normalized spacial score (nSPS) is 12.4. The van der Waals surface area contributed by atoms with Gasteiger partial charge in [0.1, 0.15) is 23.0 Å². The summed E-state index contributed by atoms with van der Waals surface area (Å²) in [5, 5.41) is 9.88. The van der Waals surface area contributed by atoms with Crippen LogP contribution in [0.2, 0.25) is 0 Å². The van der Waals surface area contributed by atoms with E-state index in [1.807, 2.05) is 19.1 Å². The molecular formula is C13H14N2O3. The highest BCUT2D eigenvalue weighted by Gasteiger charge is 2.19. The van der Waals surface area contributed by atoms with Crippen LogP contribution < -0.4 is 4.74 Å². The number of carboxylic acid groups (broad SMARTS) is 1. The number of ether oxygens (including phenoxy) is 1. The Morgan fingerprint density at radius 2 is 2.11 bits per heavy atom. The Kier molecular flexibility index (Phi) is 3.14. The van der Waals surface area contributed by atoms with Crippen molar-refractivity contribution in [3.63, 3.8) is 0 Å². The van der Waals surface area contributed by atoms with Gasteiger partial charge >= 0.3 is 5.97 Å². The summed E-state index contributed by atoms with van der Waals surface area (Å²) in [6.45, 7) is 3.40. The largest absolute Gasteiger partial charge is 0.494 e. The van der Waals surface area contributed by atoms with E-state index < -0.39 is 11.9 Å². The summed E-state index contributed by atoms with van der Waals surface area (Å²) in [5.41, 5.74) is 1.40. The topological polar surface area (TPSA) is 72.3 Å². The van der Waals surface area contributed by atoms with Crippen molar-refractivity contribution in [3.05, 3.63) is 29.7 Å². The SMILES string of the molecule is COc1cccc2c(C)nc(C(C)C(=O)O)nc12. The van der Waals surface area contributed by atoms with Crippen LogP contribution in [0.25, 0.3) is 10.9 Å². The molecule has 0 saturated carbocycles. The van der Waals surface area contributed by atoms with Crippen molar-refractivity contribution >= 4 is 16.9 Å². The summed E-state index contributed by atoms with van der Waals surface area (Å²) in [6.07, 6.45) is 0. The molecule has 2 rings (SSSR count). The number of fused-ring (bicyclic) bond motifs is 1. The Hall–Kier alpha value is -2.17. The summed E-state index contributed by atoms with van der Waals surface area (Å²) in [4.78, 5) is 19.6. The van der Waals surface area contributed by atoms with Gasteiger partial charge in [-0.15, -0.1) is 0 Å². The van der Waals surface area contributed by atoms with Crippen LogP contribution >= 0.6 is 0 Å². The summed E-state index contributed by atoms with van der Waals surface area (Å²) in [6, 6.07) is 5.55. The third-order valence-corrected chi connectivity index (χ3v) is 2.88. The number of aryl methyl sites for hydroxylation is 1. The van der Waals surface area contributed by atoms with Crippen LogP contribution in [-0.2, 0) is 4.79 Å². The van der Waals surface area contributed by atoms with Gasteiger partial charge in [0.25, 0.3) is 0 Å². The van der Waals surface area contributed by atoms with E-state index in [9.17, 15) is 4.79 Å². The molecule has 0 amide bonds. The first-order valence-electron chi connectivity index (χ1n) is 5.58. The number of rotatable bonds is 3. The fourth-order valence-corrected chi connectivity index (χ4v) is 1.77. The lowest BCUT2D eigenvalue weighted by Gasteiger charge is -2.10. The van der Waals surface area contributed by atoms with Crippen molar-refractivity contribution in [1.29, 1.82) is 0 Å². The summed E-state index contributed by atoms with van der Waals surface area (Å²) >= 11 is 0. The number of aliphatic carboxylic acids is 1. The average Bonchev–Trinajstić information content (AvgIpc) is 2.37. The molecule has 1 atom stereocenters. The number of hydrogen-bond donors (Lipinski definition) is 1. The number of para-hydroxylation sites is 1. The predicted octanol–water partition coefficient (Wildman–Crippen LogP) is 2.13. The molecule has 0 bridgehead atoms. The van der Waals surface area contributed by atoms with E-state index in [2.05, 4.69) is 9.97 Å². The second-order valence-electron chi connectivity index (χ2n) is 4.08. The van der Waals surface area contributed by atoms with Gasteiger partial charge in [-0.1, -0.05) is 12.1 Å². The Bertz CT molecular complexity index is 610. The smallest absolute Gasteiger partial charge is 0.313 e. The third-order valence-electron chi connectivity index (χ3n) is 2.88. The quantitative estimate of drug-likeness (QED) is 0.898. The van der Waals surface area contributed by atoms with Crippen LogP contribution in [-0.4, -0.2) is 28.2 Å². The number of methoxy groups -OCH3 is 1. The Morgan fingerprint density at radius 3 is 2.72 bits per heavy atom. The van der Waals surface area contributed by atoms with E-state index in [0.717, 1.165) is 11.1 Å². The molecule has 0 radical (unpaired) electrons. The molecule has 0 saturated heterocycles. The summed E-state index contributed by atoms with van der Waals surface area (Å²) < 4.78 is 5.24. The van der Waals surface area contributed by atoms with E-state index >= 15 is 0 Å². The lowest BCUT2D eigenvalue weighted by molar-refractivity contribution is -0.138. The van der Waals surface area contributed by atoms with Gasteiger partial charge in [0, 0.05) is 11.1 Å². The minimum Gasteiger partial charge on any atom is -0.494 e. The molecule has 18 heavy (non-hydrogen) atoms. The van der Waals surface area contributed by atoms with Gasteiger partial charge in [0.05, 0.1) is 7.11 Å². The van der Waals surface area contributed by atoms with Crippen LogP contribution in [0.3, 0.4) is 0 Å². The van der Waals surface area contributed by atoms with Crippen molar-refractivity contribution in [2.24, 2.45) is 0 Å². The molecule has 1 N–H and O–H groups in total. The lowest BCUT2D eigenvalue weighted by atomic mass is 10.1. The van der Waals surface area contributed by atoms with Crippen LogP contribution in [0.5, 0.6) is 5.75 Å². The molecule has 1 aromatic heterocycles. The van der Waals surface area contributed by atoms with Crippen molar-refractivity contribution < 1.29 is 14.6 Å². The van der Waals surface area contributed by atoms with Crippen LogP contribution in [0.1, 0.15) is 24.4 Å². The van der Waals surface area contributed by atoms with E-state index in [4.69, 9.17) is 9.84 Å². The number of nitrogens with zero attached hydrogens (tertiary/aromatic N) is 2. The lowest BCUT2D eigenvalue weighted by Crippen LogP contribution is -2.12. The fraction of sp³-hybridized carbons (Fsp3) is 0.308. The summed E-state index contributed by atoms with van der Waals surface area (Å²) in [7, 11) is 1.56. The van der Waals surface area contributed by atoms with E-state index in [1.54, 1.807) is 20.1 Å². The summed E-state index contributed by atoms with van der Waals surface area (Å²) in [5.74, 6) is -0.754. The van der Waals surface area contributed by atoms with Crippen LogP contribution in [0.4, 0.5) is 0 Å². The zero-order valence-corrected chi connectivity index (χ0v) is 10.5. The van der Waals surface area contributed by atoms with Crippen LogP contribution in [0.15, 0.2) is 18.2 Å². The number of carbonyl (C=O) groups is 1. The second-order valence-corrected chi connectivity index (χ2v) is 4.08.